The third-order valence-electron chi connectivity index (χ3n) is 4.34. The molecule has 0 bridgehead atoms. The molecule has 8 heteroatoms. The van der Waals surface area contributed by atoms with Crippen LogP contribution in [0.25, 0.3) is 0 Å². The molecule has 2 fully saturated rings. The van der Waals surface area contributed by atoms with Gasteiger partial charge in [-0.3, -0.25) is 15.0 Å². The lowest BCUT2D eigenvalue weighted by atomic mass is 9.99. The Morgan fingerprint density at radius 1 is 1.38 bits per heavy atom. The van der Waals surface area contributed by atoms with Crippen LogP contribution >= 0.6 is 0 Å². The second-order valence-electron chi connectivity index (χ2n) is 5.48. The highest BCUT2D eigenvalue weighted by Gasteiger charge is 2.37. The monoisotopic (exact) mass is 293 g/mol. The first-order chi connectivity index (χ1) is 10.2. The van der Waals surface area contributed by atoms with Crippen molar-refractivity contribution in [2.45, 2.75) is 37.8 Å². The average molecular weight is 293 g/mol. The van der Waals surface area contributed by atoms with Crippen molar-refractivity contribution in [3.63, 3.8) is 0 Å². The van der Waals surface area contributed by atoms with E-state index < -0.39 is 4.92 Å². The summed E-state index contributed by atoms with van der Waals surface area (Å²) in [6.07, 6.45) is 5.86. The minimum atomic E-state index is -0.491. The van der Waals surface area contributed by atoms with Crippen molar-refractivity contribution < 1.29 is 9.66 Å². The third-order valence-corrected chi connectivity index (χ3v) is 4.34. The fourth-order valence-electron chi connectivity index (χ4n) is 3.37. The lowest BCUT2D eigenvalue weighted by molar-refractivity contribution is -0.385. The predicted octanol–water partition coefficient (Wildman–Crippen LogP) is 1.43. The van der Waals surface area contributed by atoms with Crippen LogP contribution in [0, 0.1) is 10.1 Å². The van der Waals surface area contributed by atoms with Crippen molar-refractivity contribution >= 4 is 11.5 Å². The second-order valence-corrected chi connectivity index (χ2v) is 5.48. The molecule has 2 atom stereocenters. The van der Waals surface area contributed by atoms with Crippen molar-refractivity contribution in [1.29, 1.82) is 0 Å². The molecule has 2 aliphatic heterocycles. The van der Waals surface area contributed by atoms with Gasteiger partial charge in [0.2, 0.25) is 5.82 Å². The van der Waals surface area contributed by atoms with E-state index in [1.807, 2.05) is 0 Å². The Kier molecular flexibility index (Phi) is 3.87. The molecule has 3 heterocycles. The van der Waals surface area contributed by atoms with Crippen LogP contribution in [0.2, 0.25) is 0 Å². The lowest BCUT2D eigenvalue weighted by Gasteiger charge is -2.32. The van der Waals surface area contributed by atoms with Gasteiger partial charge in [0.15, 0.2) is 0 Å². The number of piperidine rings is 1. The Morgan fingerprint density at radius 2 is 2.24 bits per heavy atom. The fraction of sp³-hybridized carbons (Fsp3) is 0.692. The molecule has 0 amide bonds. The van der Waals surface area contributed by atoms with Gasteiger partial charge in [0.1, 0.15) is 6.33 Å². The molecular weight excluding hydrogens is 274 g/mol. The third kappa shape index (κ3) is 2.63. The highest BCUT2D eigenvalue weighted by atomic mass is 16.6. The topological polar surface area (TPSA) is 93.4 Å². The van der Waals surface area contributed by atoms with Crippen LogP contribution in [0.4, 0.5) is 11.5 Å². The second kappa shape index (κ2) is 5.80. The fourth-order valence-corrected chi connectivity index (χ4v) is 3.37. The van der Waals surface area contributed by atoms with E-state index >= 15 is 0 Å². The molecule has 2 saturated heterocycles. The Hall–Kier alpha value is -1.96. The van der Waals surface area contributed by atoms with Gasteiger partial charge in [-0.05, 0) is 25.8 Å². The number of hydrogen-bond donors (Lipinski definition) is 1. The van der Waals surface area contributed by atoms with Crippen molar-refractivity contribution in [3.05, 3.63) is 16.4 Å². The van der Waals surface area contributed by atoms with E-state index in [0.717, 1.165) is 25.9 Å². The van der Waals surface area contributed by atoms with Gasteiger partial charge in [0, 0.05) is 18.6 Å². The number of fused-ring (bicyclic) bond motifs is 1. The molecule has 0 radical (unpaired) electrons. The van der Waals surface area contributed by atoms with Crippen molar-refractivity contribution in [1.82, 2.24) is 14.9 Å². The summed E-state index contributed by atoms with van der Waals surface area (Å²) in [4.78, 5) is 21.1. The smallest absolute Gasteiger partial charge is 0.372 e. The SMILES string of the molecule is COc1ncnc(NC2CCN3CCCCC23)c1[N+](=O)[O-]. The summed E-state index contributed by atoms with van der Waals surface area (Å²) in [5.74, 6) is 0.250. The zero-order chi connectivity index (χ0) is 14.8. The molecule has 0 aromatic carbocycles. The van der Waals surface area contributed by atoms with Gasteiger partial charge in [-0.2, -0.15) is 4.98 Å². The Bertz CT molecular complexity index is 539. The molecule has 1 aromatic rings. The van der Waals surface area contributed by atoms with E-state index in [1.165, 1.54) is 26.3 Å². The summed E-state index contributed by atoms with van der Waals surface area (Å²) in [6.45, 7) is 2.16. The van der Waals surface area contributed by atoms with E-state index in [4.69, 9.17) is 4.74 Å². The molecule has 1 aromatic heterocycles. The number of rotatable bonds is 4. The van der Waals surface area contributed by atoms with Gasteiger partial charge in [0.25, 0.3) is 5.88 Å². The van der Waals surface area contributed by atoms with Crippen LogP contribution in [-0.4, -0.2) is 52.1 Å². The van der Waals surface area contributed by atoms with Gasteiger partial charge >= 0.3 is 5.69 Å². The molecule has 3 rings (SSSR count). The number of nitro groups is 1. The summed E-state index contributed by atoms with van der Waals surface area (Å²) in [6, 6.07) is 0.642. The predicted molar refractivity (Wildman–Crippen MR) is 76.5 cm³/mol. The number of hydrogen-bond acceptors (Lipinski definition) is 7. The van der Waals surface area contributed by atoms with Gasteiger partial charge in [-0.1, -0.05) is 6.42 Å². The first-order valence-corrected chi connectivity index (χ1v) is 7.24. The van der Waals surface area contributed by atoms with Gasteiger partial charge < -0.3 is 10.1 Å². The molecular formula is C13H19N5O3. The van der Waals surface area contributed by atoms with E-state index in [0.29, 0.717) is 6.04 Å². The normalized spacial score (nSPS) is 25.4. The molecule has 114 valence electrons. The highest BCUT2D eigenvalue weighted by molar-refractivity contribution is 5.61. The van der Waals surface area contributed by atoms with Crippen molar-refractivity contribution in [2.75, 3.05) is 25.5 Å². The Labute approximate surface area is 122 Å². The summed E-state index contributed by atoms with van der Waals surface area (Å²) < 4.78 is 4.98. The standard InChI is InChI=1S/C13H19N5O3/c1-21-13-11(18(19)20)12(14-8-15-13)16-9-5-7-17-6-3-2-4-10(9)17/h8-10H,2-7H2,1H3,(H,14,15,16). The minimum Gasteiger partial charge on any atom is -0.476 e. The Morgan fingerprint density at radius 3 is 3.00 bits per heavy atom. The molecule has 2 aliphatic rings. The molecule has 0 saturated carbocycles. The van der Waals surface area contributed by atoms with Crippen molar-refractivity contribution in [3.8, 4) is 5.88 Å². The molecule has 1 N–H and O–H groups in total. The van der Waals surface area contributed by atoms with E-state index in [9.17, 15) is 10.1 Å². The van der Waals surface area contributed by atoms with Gasteiger partial charge in [-0.15, -0.1) is 0 Å². The number of methoxy groups -OCH3 is 1. The first kappa shape index (κ1) is 14.0. The minimum absolute atomic E-state index is 0.00371. The van der Waals surface area contributed by atoms with E-state index in [2.05, 4.69) is 20.2 Å². The maximum absolute atomic E-state index is 11.3. The number of anilines is 1. The quantitative estimate of drug-likeness (QED) is 0.663. The maximum Gasteiger partial charge on any atom is 0.372 e. The molecule has 0 aliphatic carbocycles. The van der Waals surface area contributed by atoms with Crippen LogP contribution in [-0.2, 0) is 0 Å². The van der Waals surface area contributed by atoms with Crippen LogP contribution in [0.15, 0.2) is 6.33 Å². The van der Waals surface area contributed by atoms with E-state index in [1.54, 1.807) is 0 Å². The summed E-state index contributed by atoms with van der Waals surface area (Å²) in [5.41, 5.74) is -0.186. The number of ether oxygens (including phenoxy) is 1. The summed E-state index contributed by atoms with van der Waals surface area (Å²) >= 11 is 0. The molecule has 2 unspecified atom stereocenters. The lowest BCUT2D eigenvalue weighted by Crippen LogP contribution is -2.41. The largest absolute Gasteiger partial charge is 0.476 e. The molecule has 21 heavy (non-hydrogen) atoms. The molecule has 0 spiro atoms. The van der Waals surface area contributed by atoms with E-state index in [-0.39, 0.29) is 23.4 Å². The number of aromatic nitrogens is 2. The average Bonchev–Trinajstić information content (AvgIpc) is 2.90. The maximum atomic E-state index is 11.3. The van der Waals surface area contributed by atoms with Crippen LogP contribution < -0.4 is 10.1 Å². The Balaban J connectivity index is 1.83. The van der Waals surface area contributed by atoms with Crippen LogP contribution in [0.5, 0.6) is 5.88 Å². The van der Waals surface area contributed by atoms with Gasteiger partial charge in [0.05, 0.1) is 12.0 Å². The first-order valence-electron chi connectivity index (χ1n) is 7.24. The zero-order valence-electron chi connectivity index (χ0n) is 12.0. The highest BCUT2D eigenvalue weighted by Crippen LogP contribution is 2.34. The van der Waals surface area contributed by atoms with Gasteiger partial charge in [-0.25, -0.2) is 4.98 Å². The van der Waals surface area contributed by atoms with Crippen LogP contribution in [0.3, 0.4) is 0 Å². The number of nitrogens with one attached hydrogen (secondary N) is 1. The summed E-state index contributed by atoms with van der Waals surface area (Å²) in [5, 5.41) is 14.5. The van der Waals surface area contributed by atoms with Crippen LogP contribution in [0.1, 0.15) is 25.7 Å². The number of nitrogens with zero attached hydrogens (tertiary/aromatic N) is 4. The molecule has 8 nitrogen and oxygen atoms in total. The van der Waals surface area contributed by atoms with Crippen molar-refractivity contribution in [2.24, 2.45) is 0 Å². The zero-order valence-corrected chi connectivity index (χ0v) is 12.0. The summed E-state index contributed by atoms with van der Waals surface area (Å²) in [7, 11) is 1.37.